The summed E-state index contributed by atoms with van der Waals surface area (Å²) >= 11 is 0. The number of likely N-dealkylation sites (N-methyl/N-ethyl adjacent to an activating group) is 1. The molecule has 1 aliphatic heterocycles. The van der Waals surface area contributed by atoms with Gasteiger partial charge in [-0.3, -0.25) is 0 Å². The quantitative estimate of drug-likeness (QED) is 0.303. The Kier molecular flexibility index (Phi) is 9.04. The van der Waals surface area contributed by atoms with Crippen molar-refractivity contribution in [2.45, 2.75) is 39.7 Å². The lowest BCUT2D eigenvalue weighted by molar-refractivity contribution is -0.669. The highest BCUT2D eigenvalue weighted by Crippen LogP contribution is 2.33. The molecule has 0 spiro atoms. The van der Waals surface area contributed by atoms with Crippen LogP contribution in [0.4, 0.5) is 5.69 Å². The minimum absolute atomic E-state index is 0. The molecule has 2 aromatic carbocycles. The molecule has 0 bridgehead atoms. The Bertz CT molecular complexity index is 1430. The molecule has 0 fully saturated rings. The molecule has 2 aliphatic rings. The van der Waals surface area contributed by atoms with E-state index in [9.17, 15) is 0 Å². The number of pyridine rings is 1. The lowest BCUT2D eigenvalue weighted by Gasteiger charge is -2.29. The summed E-state index contributed by atoms with van der Waals surface area (Å²) in [6.45, 7) is 6.27. The molecule has 4 heteroatoms. The lowest BCUT2D eigenvalue weighted by Crippen LogP contribution is -3.00. The number of fused-ring (bicyclic) bond motifs is 2. The van der Waals surface area contributed by atoms with Crippen LogP contribution in [0.5, 0.6) is 0 Å². The first-order chi connectivity index (χ1) is 17.7. The van der Waals surface area contributed by atoms with Crippen molar-refractivity contribution >= 4 is 28.7 Å². The molecular formula is C33H35IN2O. The number of allylic oxidation sites excluding steroid dienone is 6. The number of rotatable bonds is 6. The van der Waals surface area contributed by atoms with Gasteiger partial charge in [-0.1, -0.05) is 42.5 Å². The molecule has 1 aromatic heterocycles. The van der Waals surface area contributed by atoms with Gasteiger partial charge in [0.15, 0.2) is 0 Å². The molecule has 3 nitrogen and oxygen atoms in total. The van der Waals surface area contributed by atoms with Crippen LogP contribution in [0.1, 0.15) is 44.4 Å². The highest BCUT2D eigenvalue weighted by atomic mass is 127. The molecule has 0 N–H and O–H groups in total. The van der Waals surface area contributed by atoms with Crippen molar-refractivity contribution in [3.8, 4) is 0 Å². The topological polar surface area (TPSA) is 16.4 Å². The Morgan fingerprint density at radius 1 is 0.892 bits per heavy atom. The van der Waals surface area contributed by atoms with Crippen LogP contribution in [-0.2, 0) is 11.3 Å². The zero-order valence-electron chi connectivity index (χ0n) is 22.0. The maximum atomic E-state index is 5.97. The van der Waals surface area contributed by atoms with E-state index in [4.69, 9.17) is 4.74 Å². The molecule has 5 rings (SSSR count). The van der Waals surface area contributed by atoms with E-state index in [2.05, 4.69) is 120 Å². The fourth-order valence-corrected chi connectivity index (χ4v) is 5.41. The van der Waals surface area contributed by atoms with Crippen LogP contribution in [0.25, 0.3) is 23.1 Å². The molecule has 0 saturated carbocycles. The SMILES string of the molecule is CCN1/C(=C/C=C2\CCCC(/C=C/c3ccc4ccccc4[n+]3CC)=C2OC)C=Cc2ccccc21.[I-]. The van der Waals surface area contributed by atoms with Crippen LogP contribution in [0, 0.1) is 0 Å². The molecule has 2 heterocycles. The number of hydrogen-bond acceptors (Lipinski definition) is 2. The van der Waals surface area contributed by atoms with Gasteiger partial charge in [0.05, 0.1) is 7.11 Å². The number of ether oxygens (including phenoxy) is 1. The molecule has 1 aliphatic carbocycles. The summed E-state index contributed by atoms with van der Waals surface area (Å²) in [5.41, 5.74) is 8.75. The Balaban J connectivity index is 0.00000320. The molecule has 3 aromatic rings. The highest BCUT2D eigenvalue weighted by Gasteiger charge is 2.19. The second kappa shape index (κ2) is 12.4. The normalized spacial score (nSPS) is 17.5. The van der Waals surface area contributed by atoms with Gasteiger partial charge in [-0.25, -0.2) is 0 Å². The van der Waals surface area contributed by atoms with Gasteiger partial charge in [0, 0.05) is 41.5 Å². The molecule has 190 valence electrons. The van der Waals surface area contributed by atoms with Crippen LogP contribution in [0.2, 0.25) is 0 Å². The van der Waals surface area contributed by atoms with Crippen molar-refractivity contribution in [2.75, 3.05) is 18.6 Å². The van der Waals surface area contributed by atoms with Crippen molar-refractivity contribution in [3.05, 3.63) is 119 Å². The zero-order chi connectivity index (χ0) is 24.9. The number of anilines is 1. The van der Waals surface area contributed by atoms with Crippen molar-refractivity contribution in [2.24, 2.45) is 0 Å². The molecule has 0 unspecified atom stereocenters. The summed E-state index contributed by atoms with van der Waals surface area (Å²) in [4.78, 5) is 2.37. The highest BCUT2D eigenvalue weighted by molar-refractivity contribution is 5.77. The number of aryl methyl sites for hydroxylation is 1. The Labute approximate surface area is 238 Å². The van der Waals surface area contributed by atoms with Crippen LogP contribution in [0.3, 0.4) is 0 Å². The molecule has 0 atom stereocenters. The summed E-state index contributed by atoms with van der Waals surface area (Å²) in [6.07, 6.45) is 16.6. The Morgan fingerprint density at radius 3 is 2.51 bits per heavy atom. The second-order valence-corrected chi connectivity index (χ2v) is 9.23. The van der Waals surface area contributed by atoms with Crippen LogP contribution in [-0.4, -0.2) is 13.7 Å². The minimum atomic E-state index is 0. The van der Waals surface area contributed by atoms with Gasteiger partial charge in [0.1, 0.15) is 12.3 Å². The van der Waals surface area contributed by atoms with Gasteiger partial charge in [-0.15, -0.1) is 0 Å². The van der Waals surface area contributed by atoms with E-state index in [1.54, 1.807) is 7.11 Å². The number of aromatic nitrogens is 1. The van der Waals surface area contributed by atoms with Gasteiger partial charge in [-0.2, -0.15) is 4.57 Å². The van der Waals surface area contributed by atoms with Crippen molar-refractivity contribution in [1.29, 1.82) is 0 Å². The number of hydrogen-bond donors (Lipinski definition) is 0. The third-order valence-corrected chi connectivity index (χ3v) is 7.17. The van der Waals surface area contributed by atoms with E-state index in [-0.39, 0.29) is 24.0 Å². The lowest BCUT2D eigenvalue weighted by atomic mass is 9.92. The van der Waals surface area contributed by atoms with Gasteiger partial charge in [0.2, 0.25) is 11.2 Å². The fraction of sp³-hybridized carbons (Fsp3) is 0.242. The van der Waals surface area contributed by atoms with Gasteiger partial charge in [0.25, 0.3) is 0 Å². The summed E-state index contributed by atoms with van der Waals surface area (Å²) < 4.78 is 8.34. The Hall–Kier alpha value is -3.12. The van der Waals surface area contributed by atoms with Gasteiger partial charge in [-0.05, 0) is 86.2 Å². The maximum Gasteiger partial charge on any atom is 0.212 e. The average Bonchev–Trinajstić information content (AvgIpc) is 2.94. The van der Waals surface area contributed by atoms with E-state index in [1.807, 2.05) is 0 Å². The molecule has 0 saturated heterocycles. The molecule has 0 radical (unpaired) electrons. The number of para-hydroxylation sites is 2. The number of methoxy groups -OCH3 is 1. The molecular weight excluding hydrogens is 567 g/mol. The molecule has 37 heavy (non-hydrogen) atoms. The molecule has 0 amide bonds. The Morgan fingerprint density at radius 2 is 1.70 bits per heavy atom. The van der Waals surface area contributed by atoms with Gasteiger partial charge >= 0.3 is 0 Å². The summed E-state index contributed by atoms with van der Waals surface area (Å²) in [5, 5.41) is 1.27. The first-order valence-corrected chi connectivity index (χ1v) is 13.1. The van der Waals surface area contributed by atoms with E-state index >= 15 is 0 Å². The second-order valence-electron chi connectivity index (χ2n) is 9.23. The predicted molar refractivity (Wildman–Crippen MR) is 151 cm³/mol. The number of halogens is 1. The predicted octanol–water partition coefficient (Wildman–Crippen LogP) is 4.61. The monoisotopic (exact) mass is 602 g/mol. The van der Waals surface area contributed by atoms with E-state index in [0.717, 1.165) is 38.1 Å². The third-order valence-electron chi connectivity index (χ3n) is 7.17. The zero-order valence-corrected chi connectivity index (χ0v) is 24.1. The van der Waals surface area contributed by atoms with Gasteiger partial charge < -0.3 is 33.6 Å². The van der Waals surface area contributed by atoms with Crippen molar-refractivity contribution < 1.29 is 33.3 Å². The number of nitrogens with zero attached hydrogens (tertiary/aromatic N) is 2. The van der Waals surface area contributed by atoms with Crippen LogP contribution < -0.4 is 33.4 Å². The fourth-order valence-electron chi connectivity index (χ4n) is 5.41. The standard InChI is InChI=1S/C33H35N2O.HI/c1-4-34-29(21-17-25-11-6-8-15-31(25)34)23-19-27-13-10-14-28(33(27)36-3)20-24-30-22-18-26-12-7-9-16-32(26)35(30)5-2;/h6-9,11-12,15-24H,4-5,10,13-14H2,1-3H3;1H/q+1;/p-1. The summed E-state index contributed by atoms with van der Waals surface area (Å²) in [6, 6.07) is 21.6. The summed E-state index contributed by atoms with van der Waals surface area (Å²) in [7, 11) is 1.80. The average molecular weight is 603 g/mol. The van der Waals surface area contributed by atoms with Crippen molar-refractivity contribution in [3.63, 3.8) is 0 Å². The summed E-state index contributed by atoms with van der Waals surface area (Å²) in [5.74, 6) is 1.02. The largest absolute Gasteiger partial charge is 1.00 e. The maximum absolute atomic E-state index is 5.97. The smallest absolute Gasteiger partial charge is 0.212 e. The minimum Gasteiger partial charge on any atom is -1.00 e. The van der Waals surface area contributed by atoms with Crippen LogP contribution >= 0.6 is 0 Å². The van der Waals surface area contributed by atoms with E-state index < -0.39 is 0 Å². The number of benzene rings is 2. The first kappa shape index (κ1) is 26.9. The first-order valence-electron chi connectivity index (χ1n) is 13.1. The van der Waals surface area contributed by atoms with Crippen molar-refractivity contribution in [1.82, 2.24) is 0 Å². The van der Waals surface area contributed by atoms with Crippen LogP contribution in [0.15, 0.2) is 108 Å². The van der Waals surface area contributed by atoms with E-state index in [0.29, 0.717) is 0 Å². The van der Waals surface area contributed by atoms with E-state index in [1.165, 1.54) is 44.7 Å². The third kappa shape index (κ3) is 5.59.